The number of likely N-dealkylation sites (N-methyl/N-ethyl adjacent to an activating group) is 2. The van der Waals surface area contributed by atoms with Gasteiger partial charge in [0.15, 0.2) is 0 Å². The molecule has 2 aliphatic rings. The van der Waals surface area contributed by atoms with Gasteiger partial charge in [-0.25, -0.2) is 9.97 Å². The third-order valence-electron chi connectivity index (χ3n) is 4.03. The molecule has 1 aliphatic heterocycles. The van der Waals surface area contributed by atoms with Crippen LogP contribution >= 0.6 is 15.9 Å². The van der Waals surface area contributed by atoms with Crippen LogP contribution in [0.3, 0.4) is 0 Å². The Kier molecular flexibility index (Phi) is 3.49. The number of nitrogens with zero attached hydrogens (tertiary/aromatic N) is 4. The fraction of sp³-hybridized carbons (Fsp3) is 0.692. The number of hydrogen-bond acceptors (Lipinski definition) is 5. The predicted octanol–water partition coefficient (Wildman–Crippen LogP) is 1.62. The van der Waals surface area contributed by atoms with Crippen molar-refractivity contribution in [3.63, 3.8) is 0 Å². The summed E-state index contributed by atoms with van der Waals surface area (Å²) in [5.74, 6) is 2.02. The van der Waals surface area contributed by atoms with Gasteiger partial charge < -0.3 is 10.6 Å². The van der Waals surface area contributed by atoms with Crippen molar-refractivity contribution in [2.45, 2.75) is 24.8 Å². The number of nitrogen functional groups attached to an aromatic ring is 1. The Labute approximate surface area is 122 Å². The predicted molar refractivity (Wildman–Crippen MR) is 79.0 cm³/mol. The first-order valence-electron chi connectivity index (χ1n) is 6.78. The third-order valence-corrected chi connectivity index (χ3v) is 4.85. The molecule has 0 radical (unpaired) electrons. The molecular weight excluding hydrogens is 306 g/mol. The Balaban J connectivity index is 1.95. The molecule has 1 aliphatic carbocycles. The summed E-state index contributed by atoms with van der Waals surface area (Å²) in [4.78, 5) is 13.9. The summed E-state index contributed by atoms with van der Waals surface area (Å²) in [6.45, 7) is 3.09. The molecule has 1 aromatic heterocycles. The average Bonchev–Trinajstić information content (AvgIpc) is 3.20. The molecule has 3 rings (SSSR count). The van der Waals surface area contributed by atoms with E-state index in [1.807, 2.05) is 0 Å². The molecule has 5 nitrogen and oxygen atoms in total. The fourth-order valence-corrected chi connectivity index (χ4v) is 3.07. The average molecular weight is 326 g/mol. The third kappa shape index (κ3) is 2.61. The lowest BCUT2D eigenvalue weighted by Crippen LogP contribution is -2.45. The van der Waals surface area contributed by atoms with E-state index in [9.17, 15) is 0 Å². The number of hydrogen-bond donors (Lipinski definition) is 1. The van der Waals surface area contributed by atoms with Crippen LogP contribution in [-0.4, -0.2) is 53.5 Å². The largest absolute Gasteiger partial charge is 0.383 e. The number of piperazine rings is 1. The highest BCUT2D eigenvalue weighted by molar-refractivity contribution is 9.10. The van der Waals surface area contributed by atoms with E-state index in [2.05, 4.69) is 44.8 Å². The first kappa shape index (κ1) is 13.3. The first-order valence-corrected chi connectivity index (χ1v) is 7.57. The summed E-state index contributed by atoms with van der Waals surface area (Å²) in [6, 6.07) is 0.242. The van der Waals surface area contributed by atoms with Crippen LogP contribution in [0.2, 0.25) is 0 Å². The molecule has 1 aromatic rings. The van der Waals surface area contributed by atoms with Crippen molar-refractivity contribution in [1.29, 1.82) is 0 Å². The van der Waals surface area contributed by atoms with Crippen molar-refractivity contribution >= 4 is 21.7 Å². The summed E-state index contributed by atoms with van der Waals surface area (Å²) < 4.78 is 0.894. The maximum atomic E-state index is 6.04. The van der Waals surface area contributed by atoms with E-state index in [1.165, 1.54) is 12.8 Å². The van der Waals surface area contributed by atoms with Gasteiger partial charge in [-0.1, -0.05) is 0 Å². The van der Waals surface area contributed by atoms with E-state index < -0.39 is 0 Å². The van der Waals surface area contributed by atoms with E-state index in [-0.39, 0.29) is 6.04 Å². The van der Waals surface area contributed by atoms with Gasteiger partial charge in [0.1, 0.15) is 11.6 Å². The second-order valence-electron chi connectivity index (χ2n) is 5.70. The van der Waals surface area contributed by atoms with Crippen LogP contribution in [0.5, 0.6) is 0 Å². The van der Waals surface area contributed by atoms with Crippen molar-refractivity contribution in [1.82, 2.24) is 19.8 Å². The quantitative estimate of drug-likeness (QED) is 0.895. The van der Waals surface area contributed by atoms with Crippen LogP contribution in [0.1, 0.15) is 36.3 Å². The van der Waals surface area contributed by atoms with Crippen molar-refractivity contribution in [3.05, 3.63) is 16.0 Å². The van der Waals surface area contributed by atoms with Crippen LogP contribution in [-0.2, 0) is 0 Å². The molecule has 1 saturated carbocycles. The molecule has 6 heteroatoms. The molecule has 1 saturated heterocycles. The molecule has 0 bridgehead atoms. The fourth-order valence-electron chi connectivity index (χ4n) is 2.57. The monoisotopic (exact) mass is 325 g/mol. The summed E-state index contributed by atoms with van der Waals surface area (Å²) in [7, 11) is 4.28. The molecular formula is C13H20BrN5. The second kappa shape index (κ2) is 5.00. The Morgan fingerprint density at radius 1 is 1.21 bits per heavy atom. The van der Waals surface area contributed by atoms with Crippen molar-refractivity contribution in [2.75, 3.05) is 39.5 Å². The lowest BCUT2D eigenvalue weighted by molar-refractivity contribution is 0.109. The van der Waals surface area contributed by atoms with E-state index in [1.54, 1.807) is 0 Å². The molecule has 2 N–H and O–H groups in total. The van der Waals surface area contributed by atoms with Gasteiger partial charge in [-0.05, 0) is 42.9 Å². The van der Waals surface area contributed by atoms with Gasteiger partial charge in [-0.3, -0.25) is 4.90 Å². The Hall–Kier alpha value is -0.720. The highest BCUT2D eigenvalue weighted by Crippen LogP contribution is 2.43. The topological polar surface area (TPSA) is 58.3 Å². The van der Waals surface area contributed by atoms with Gasteiger partial charge in [0.2, 0.25) is 0 Å². The van der Waals surface area contributed by atoms with Gasteiger partial charge in [0.25, 0.3) is 0 Å². The number of halogens is 1. The number of nitrogens with two attached hydrogens (primary N) is 1. The number of rotatable bonds is 2. The minimum Gasteiger partial charge on any atom is -0.383 e. The molecule has 19 heavy (non-hydrogen) atoms. The van der Waals surface area contributed by atoms with Gasteiger partial charge in [0.05, 0.1) is 16.2 Å². The molecule has 1 atom stereocenters. The van der Waals surface area contributed by atoms with Crippen molar-refractivity contribution in [3.8, 4) is 0 Å². The maximum absolute atomic E-state index is 6.04. The van der Waals surface area contributed by atoms with E-state index >= 15 is 0 Å². The summed E-state index contributed by atoms with van der Waals surface area (Å²) >= 11 is 3.53. The SMILES string of the molecule is CN1CCN(C)C(c2nc(N)c(Br)c(C3CC3)n2)C1. The molecule has 0 aromatic carbocycles. The van der Waals surface area contributed by atoms with Crippen LogP contribution in [0.15, 0.2) is 4.47 Å². The van der Waals surface area contributed by atoms with Gasteiger partial charge >= 0.3 is 0 Å². The highest BCUT2D eigenvalue weighted by Gasteiger charge is 2.32. The molecule has 1 unspecified atom stereocenters. The normalized spacial score (nSPS) is 25.7. The van der Waals surface area contributed by atoms with Crippen LogP contribution < -0.4 is 5.73 Å². The second-order valence-corrected chi connectivity index (χ2v) is 6.49. The molecule has 2 heterocycles. The maximum Gasteiger partial charge on any atom is 0.149 e. The number of aromatic nitrogens is 2. The standard InChI is InChI=1S/C13H20BrN5/c1-18-5-6-19(2)9(7-18)13-16-11(8-3-4-8)10(14)12(15)17-13/h8-9H,3-7H2,1-2H3,(H2,15,16,17). The number of anilines is 1. The minimum absolute atomic E-state index is 0.242. The van der Waals surface area contributed by atoms with E-state index in [0.29, 0.717) is 11.7 Å². The smallest absolute Gasteiger partial charge is 0.149 e. The zero-order chi connectivity index (χ0) is 13.6. The molecule has 2 fully saturated rings. The van der Waals surface area contributed by atoms with Crippen molar-refractivity contribution < 1.29 is 0 Å². The zero-order valence-electron chi connectivity index (χ0n) is 11.4. The Bertz CT molecular complexity index is 488. The molecule has 0 amide bonds. The summed E-state index contributed by atoms with van der Waals surface area (Å²) in [6.07, 6.45) is 2.43. The van der Waals surface area contributed by atoms with Gasteiger partial charge in [0, 0.05) is 25.6 Å². The van der Waals surface area contributed by atoms with Crippen LogP contribution in [0, 0.1) is 0 Å². The van der Waals surface area contributed by atoms with Crippen LogP contribution in [0.25, 0.3) is 0 Å². The lowest BCUT2D eigenvalue weighted by Gasteiger charge is -2.36. The molecule has 104 valence electrons. The minimum atomic E-state index is 0.242. The highest BCUT2D eigenvalue weighted by atomic mass is 79.9. The van der Waals surface area contributed by atoms with E-state index in [4.69, 9.17) is 10.7 Å². The molecule has 0 spiro atoms. The first-order chi connectivity index (χ1) is 9.06. The van der Waals surface area contributed by atoms with E-state index in [0.717, 1.165) is 35.6 Å². The van der Waals surface area contributed by atoms with Gasteiger partial charge in [-0.2, -0.15) is 0 Å². The van der Waals surface area contributed by atoms with Gasteiger partial charge in [-0.15, -0.1) is 0 Å². The zero-order valence-corrected chi connectivity index (χ0v) is 13.0. The Morgan fingerprint density at radius 2 is 1.95 bits per heavy atom. The summed E-state index contributed by atoms with van der Waals surface area (Å²) in [5, 5.41) is 0. The summed E-state index contributed by atoms with van der Waals surface area (Å²) in [5.41, 5.74) is 7.14. The Morgan fingerprint density at radius 3 is 2.63 bits per heavy atom. The van der Waals surface area contributed by atoms with Crippen LogP contribution in [0.4, 0.5) is 5.82 Å². The lowest BCUT2D eigenvalue weighted by atomic mass is 10.1. The van der Waals surface area contributed by atoms with Crippen molar-refractivity contribution in [2.24, 2.45) is 0 Å².